The van der Waals surface area contributed by atoms with E-state index in [-0.39, 0.29) is 23.8 Å². The molecule has 0 radical (unpaired) electrons. The number of carbonyl (C=O) groups excluding carboxylic acids is 2. The Labute approximate surface area is 122 Å². The van der Waals surface area contributed by atoms with Crippen molar-refractivity contribution in [3.05, 3.63) is 29.8 Å². The maximum atomic E-state index is 12.1. The summed E-state index contributed by atoms with van der Waals surface area (Å²) in [6.45, 7) is 1.24. The van der Waals surface area contributed by atoms with Gasteiger partial charge in [-0.25, -0.2) is 0 Å². The zero-order valence-corrected chi connectivity index (χ0v) is 11.8. The third-order valence-corrected chi connectivity index (χ3v) is 3.32. The van der Waals surface area contributed by atoms with Gasteiger partial charge in [0.1, 0.15) is 5.88 Å². The predicted molar refractivity (Wildman–Crippen MR) is 77.1 cm³/mol. The number of halogens is 1. The first-order chi connectivity index (χ1) is 9.70. The first-order valence-corrected chi connectivity index (χ1v) is 7.09. The second-order valence-electron chi connectivity index (χ2n) is 4.57. The van der Waals surface area contributed by atoms with Crippen molar-refractivity contribution in [2.45, 2.75) is 18.9 Å². The van der Waals surface area contributed by atoms with E-state index in [2.05, 4.69) is 10.6 Å². The molecule has 1 aliphatic rings. The fourth-order valence-electron chi connectivity index (χ4n) is 2.08. The summed E-state index contributed by atoms with van der Waals surface area (Å²) >= 11 is 5.45. The summed E-state index contributed by atoms with van der Waals surface area (Å²) in [5, 5.41) is 5.43. The van der Waals surface area contributed by atoms with Gasteiger partial charge >= 0.3 is 0 Å². The molecular weight excluding hydrogens is 280 g/mol. The largest absolute Gasteiger partial charge is 0.376 e. The van der Waals surface area contributed by atoms with Crippen LogP contribution in [0, 0.1) is 0 Å². The lowest BCUT2D eigenvalue weighted by Crippen LogP contribution is -2.32. The number of nitrogens with one attached hydrogen (secondary N) is 2. The molecule has 0 saturated carbocycles. The molecule has 1 fully saturated rings. The number of carbonyl (C=O) groups is 2. The van der Waals surface area contributed by atoms with E-state index in [4.69, 9.17) is 16.3 Å². The van der Waals surface area contributed by atoms with Crippen LogP contribution in [0.5, 0.6) is 0 Å². The van der Waals surface area contributed by atoms with Gasteiger partial charge in [-0.05, 0) is 25.0 Å². The van der Waals surface area contributed by atoms with E-state index in [1.807, 2.05) is 0 Å². The minimum absolute atomic E-state index is 0.0866. The van der Waals surface area contributed by atoms with E-state index in [0.717, 1.165) is 19.4 Å². The fourth-order valence-corrected chi connectivity index (χ4v) is 2.15. The molecule has 1 unspecified atom stereocenters. The second-order valence-corrected chi connectivity index (χ2v) is 4.84. The fraction of sp³-hybridized carbons (Fsp3) is 0.429. The van der Waals surface area contributed by atoms with E-state index in [0.29, 0.717) is 17.8 Å². The Balaban J connectivity index is 1.99. The number of hydrogen-bond donors (Lipinski definition) is 2. The normalized spacial score (nSPS) is 17.8. The molecule has 2 rings (SSSR count). The number of rotatable bonds is 5. The molecule has 1 aromatic rings. The van der Waals surface area contributed by atoms with Gasteiger partial charge in [0.15, 0.2) is 0 Å². The Kier molecular flexibility index (Phi) is 5.38. The van der Waals surface area contributed by atoms with Crippen molar-refractivity contribution in [3.63, 3.8) is 0 Å². The Morgan fingerprint density at radius 2 is 2.15 bits per heavy atom. The van der Waals surface area contributed by atoms with Crippen molar-refractivity contribution in [3.8, 4) is 0 Å². The molecule has 1 saturated heterocycles. The summed E-state index contributed by atoms with van der Waals surface area (Å²) in [4.78, 5) is 23.5. The Morgan fingerprint density at radius 3 is 2.85 bits per heavy atom. The number of benzene rings is 1. The third-order valence-electron chi connectivity index (χ3n) is 3.08. The molecule has 0 bridgehead atoms. The first-order valence-electron chi connectivity index (χ1n) is 6.55. The van der Waals surface area contributed by atoms with Gasteiger partial charge in [0.2, 0.25) is 5.91 Å². The highest BCUT2D eigenvalue weighted by molar-refractivity contribution is 6.29. The van der Waals surface area contributed by atoms with Crippen LogP contribution in [-0.2, 0) is 9.53 Å². The van der Waals surface area contributed by atoms with Crippen LogP contribution in [0.1, 0.15) is 23.2 Å². The summed E-state index contributed by atoms with van der Waals surface area (Å²) in [6.07, 6.45) is 2.08. The number of ether oxygens (including phenoxy) is 1. The average molecular weight is 297 g/mol. The van der Waals surface area contributed by atoms with Gasteiger partial charge in [-0.3, -0.25) is 9.59 Å². The Bertz CT molecular complexity index is 487. The molecule has 6 heteroatoms. The van der Waals surface area contributed by atoms with Gasteiger partial charge in [0.25, 0.3) is 5.91 Å². The number of hydrogen-bond acceptors (Lipinski definition) is 3. The lowest BCUT2D eigenvalue weighted by molar-refractivity contribution is -0.113. The van der Waals surface area contributed by atoms with Gasteiger partial charge < -0.3 is 15.4 Å². The molecular formula is C14H17ClN2O3. The average Bonchev–Trinajstić information content (AvgIpc) is 2.98. The van der Waals surface area contributed by atoms with Crippen LogP contribution in [-0.4, -0.2) is 36.9 Å². The molecule has 0 aliphatic carbocycles. The van der Waals surface area contributed by atoms with E-state index in [1.165, 1.54) is 0 Å². The summed E-state index contributed by atoms with van der Waals surface area (Å²) in [5.41, 5.74) is 0.881. The molecule has 1 heterocycles. The standard InChI is InChI=1S/C14H17ClN2O3/c15-8-13(18)17-12-6-2-1-5-11(12)14(19)16-9-10-4-3-7-20-10/h1-2,5-6,10H,3-4,7-9H2,(H,16,19)(H,17,18). The number of alkyl halides is 1. The lowest BCUT2D eigenvalue weighted by Gasteiger charge is -2.13. The highest BCUT2D eigenvalue weighted by atomic mass is 35.5. The molecule has 1 atom stereocenters. The zero-order valence-electron chi connectivity index (χ0n) is 11.0. The Hall–Kier alpha value is -1.59. The van der Waals surface area contributed by atoms with Gasteiger partial charge in [0.05, 0.1) is 17.4 Å². The SMILES string of the molecule is O=C(CCl)Nc1ccccc1C(=O)NCC1CCCO1. The quantitative estimate of drug-likeness (QED) is 0.814. The first kappa shape index (κ1) is 14.8. The molecule has 5 nitrogen and oxygen atoms in total. The van der Waals surface area contributed by atoms with Crippen molar-refractivity contribution >= 4 is 29.1 Å². The van der Waals surface area contributed by atoms with Gasteiger partial charge in [-0.1, -0.05) is 12.1 Å². The highest BCUT2D eigenvalue weighted by Gasteiger charge is 2.18. The minimum Gasteiger partial charge on any atom is -0.376 e. The van der Waals surface area contributed by atoms with Crippen molar-refractivity contribution in [2.75, 3.05) is 24.3 Å². The van der Waals surface area contributed by atoms with Crippen LogP contribution in [0.15, 0.2) is 24.3 Å². The predicted octanol–water partition coefficient (Wildman–Crippen LogP) is 1.77. The van der Waals surface area contributed by atoms with Crippen LogP contribution >= 0.6 is 11.6 Å². The Morgan fingerprint density at radius 1 is 1.35 bits per heavy atom. The van der Waals surface area contributed by atoms with E-state index in [1.54, 1.807) is 24.3 Å². The number of para-hydroxylation sites is 1. The molecule has 0 spiro atoms. The van der Waals surface area contributed by atoms with Crippen molar-refractivity contribution in [2.24, 2.45) is 0 Å². The maximum Gasteiger partial charge on any atom is 0.253 e. The summed E-state index contributed by atoms with van der Waals surface area (Å²) in [7, 11) is 0. The van der Waals surface area contributed by atoms with Crippen LogP contribution in [0.4, 0.5) is 5.69 Å². The van der Waals surface area contributed by atoms with Crippen LogP contribution in [0.25, 0.3) is 0 Å². The molecule has 0 aromatic heterocycles. The van der Waals surface area contributed by atoms with Crippen LogP contribution in [0.3, 0.4) is 0 Å². The van der Waals surface area contributed by atoms with Crippen molar-refractivity contribution in [1.82, 2.24) is 5.32 Å². The van der Waals surface area contributed by atoms with Crippen molar-refractivity contribution in [1.29, 1.82) is 0 Å². The minimum atomic E-state index is -0.342. The lowest BCUT2D eigenvalue weighted by atomic mass is 10.1. The van der Waals surface area contributed by atoms with Crippen molar-refractivity contribution < 1.29 is 14.3 Å². The number of amides is 2. The van der Waals surface area contributed by atoms with E-state index in [9.17, 15) is 9.59 Å². The molecule has 20 heavy (non-hydrogen) atoms. The van der Waals surface area contributed by atoms with E-state index < -0.39 is 0 Å². The topological polar surface area (TPSA) is 67.4 Å². The highest BCUT2D eigenvalue weighted by Crippen LogP contribution is 2.16. The smallest absolute Gasteiger partial charge is 0.253 e. The summed E-state index contributed by atoms with van der Waals surface area (Å²) < 4.78 is 5.45. The van der Waals surface area contributed by atoms with E-state index >= 15 is 0 Å². The summed E-state index contributed by atoms with van der Waals surface area (Å²) in [6, 6.07) is 6.83. The maximum absolute atomic E-state index is 12.1. The number of anilines is 1. The third kappa shape index (κ3) is 3.95. The monoisotopic (exact) mass is 296 g/mol. The molecule has 1 aliphatic heterocycles. The molecule has 108 valence electrons. The molecule has 2 amide bonds. The van der Waals surface area contributed by atoms with Gasteiger partial charge in [0, 0.05) is 13.2 Å². The van der Waals surface area contributed by atoms with Crippen LogP contribution < -0.4 is 10.6 Å². The van der Waals surface area contributed by atoms with Gasteiger partial charge in [-0.2, -0.15) is 0 Å². The summed E-state index contributed by atoms with van der Waals surface area (Å²) in [5.74, 6) is -0.719. The zero-order chi connectivity index (χ0) is 14.4. The molecule has 1 aromatic carbocycles. The second kappa shape index (κ2) is 7.26. The molecule has 2 N–H and O–H groups in total. The van der Waals surface area contributed by atoms with Crippen LogP contribution in [0.2, 0.25) is 0 Å². The van der Waals surface area contributed by atoms with Gasteiger partial charge in [-0.15, -0.1) is 11.6 Å².